The second-order valence-electron chi connectivity index (χ2n) is 5.95. The maximum absolute atomic E-state index is 12.0. The number of hydrogen-bond donors (Lipinski definition) is 2. The number of anilines is 2. The minimum atomic E-state index is -3.48. The Morgan fingerprint density at radius 3 is 2.89 bits per heavy atom. The fraction of sp³-hybridized carbons (Fsp3) is 0.235. The Kier molecular flexibility index (Phi) is 4.74. The fourth-order valence-electron chi connectivity index (χ4n) is 2.56. The van der Waals surface area contributed by atoms with Crippen LogP contribution in [0, 0.1) is 0 Å². The lowest BCUT2D eigenvalue weighted by atomic mass is 10.2. The first-order valence-corrected chi connectivity index (χ1v) is 10.2. The largest absolute Gasteiger partial charge is 0.454 e. The second kappa shape index (κ2) is 7.35. The van der Waals surface area contributed by atoms with Gasteiger partial charge in [0, 0.05) is 18.9 Å². The molecule has 0 radical (unpaired) electrons. The lowest BCUT2D eigenvalue weighted by Crippen LogP contribution is -2.17. The molecule has 4 rings (SSSR count). The van der Waals surface area contributed by atoms with E-state index in [-0.39, 0.29) is 18.2 Å². The topological polar surface area (TPSA) is 120 Å². The highest BCUT2D eigenvalue weighted by Crippen LogP contribution is 2.32. The molecule has 0 amide bonds. The maximum Gasteiger partial charge on any atom is 0.236 e. The molecule has 0 saturated carbocycles. The molecule has 3 aromatic rings. The lowest BCUT2D eigenvalue weighted by molar-refractivity contribution is 0.174. The molecule has 0 aliphatic carbocycles. The summed E-state index contributed by atoms with van der Waals surface area (Å²) in [4.78, 5) is 12.6. The van der Waals surface area contributed by atoms with Gasteiger partial charge in [-0.1, -0.05) is 6.07 Å². The fourth-order valence-corrected chi connectivity index (χ4v) is 3.19. The minimum absolute atomic E-state index is 0.0577. The Balaban J connectivity index is 1.61. The van der Waals surface area contributed by atoms with E-state index in [2.05, 4.69) is 25.0 Å². The van der Waals surface area contributed by atoms with Crippen molar-refractivity contribution in [2.75, 3.05) is 22.6 Å². The summed E-state index contributed by atoms with van der Waals surface area (Å²) in [7, 11) is -3.48. The molecule has 146 valence electrons. The van der Waals surface area contributed by atoms with Gasteiger partial charge in [-0.05, 0) is 24.6 Å². The number of nitrogens with one attached hydrogen (secondary N) is 2. The third kappa shape index (κ3) is 3.83. The molecular formula is C17H18N6O4S. The van der Waals surface area contributed by atoms with Gasteiger partial charge < -0.3 is 14.8 Å². The molecule has 28 heavy (non-hydrogen) atoms. The molecule has 0 unspecified atom stereocenters. The molecule has 1 aliphatic heterocycles. The predicted octanol–water partition coefficient (Wildman–Crippen LogP) is 1.76. The summed E-state index contributed by atoms with van der Waals surface area (Å²) in [6, 6.07) is 5.59. The maximum atomic E-state index is 12.0. The highest BCUT2D eigenvalue weighted by Gasteiger charge is 2.16. The number of imidazole rings is 1. The number of aromatic nitrogens is 4. The highest BCUT2D eigenvalue weighted by atomic mass is 32.2. The van der Waals surface area contributed by atoms with Crippen molar-refractivity contribution < 1.29 is 17.9 Å². The van der Waals surface area contributed by atoms with E-state index in [0.29, 0.717) is 29.8 Å². The van der Waals surface area contributed by atoms with Gasteiger partial charge in [-0.15, -0.1) is 0 Å². The number of ether oxygens (including phenoxy) is 2. The lowest BCUT2D eigenvalue weighted by Gasteiger charge is -2.14. The molecule has 1 aromatic carbocycles. The van der Waals surface area contributed by atoms with Gasteiger partial charge in [-0.25, -0.2) is 18.4 Å². The number of benzene rings is 1. The second-order valence-corrected chi connectivity index (χ2v) is 7.96. The Hall–Kier alpha value is -3.34. The summed E-state index contributed by atoms with van der Waals surface area (Å²) in [6.07, 6.45) is 6.30. The van der Waals surface area contributed by atoms with Crippen molar-refractivity contribution in [3.8, 4) is 17.4 Å². The van der Waals surface area contributed by atoms with Crippen molar-refractivity contribution in [3.05, 3.63) is 48.7 Å². The number of hydrogen-bond acceptors (Lipinski definition) is 8. The Bertz CT molecular complexity index is 1090. The van der Waals surface area contributed by atoms with Crippen LogP contribution in [-0.4, -0.2) is 40.5 Å². The molecule has 0 saturated heterocycles. The van der Waals surface area contributed by atoms with Crippen LogP contribution in [0.4, 0.5) is 11.5 Å². The van der Waals surface area contributed by atoms with E-state index in [1.54, 1.807) is 30.2 Å². The molecular weight excluding hydrogens is 384 g/mol. The highest BCUT2D eigenvalue weighted by molar-refractivity contribution is 7.92. The number of sulfonamides is 1. The number of rotatable bonds is 7. The summed E-state index contributed by atoms with van der Waals surface area (Å²) in [5, 5.41) is 3.16. The van der Waals surface area contributed by atoms with E-state index in [0.717, 1.165) is 5.56 Å². The van der Waals surface area contributed by atoms with Crippen molar-refractivity contribution >= 4 is 21.5 Å². The van der Waals surface area contributed by atoms with Crippen LogP contribution >= 0.6 is 0 Å². The van der Waals surface area contributed by atoms with Crippen molar-refractivity contribution in [3.63, 3.8) is 0 Å². The molecule has 0 bridgehead atoms. The van der Waals surface area contributed by atoms with Crippen LogP contribution in [0.3, 0.4) is 0 Å². The van der Waals surface area contributed by atoms with Crippen molar-refractivity contribution in [2.24, 2.45) is 0 Å². The third-order valence-corrected chi connectivity index (χ3v) is 5.34. The van der Waals surface area contributed by atoms with Gasteiger partial charge >= 0.3 is 0 Å². The zero-order chi connectivity index (χ0) is 19.6. The third-order valence-electron chi connectivity index (χ3n) is 4.05. The van der Waals surface area contributed by atoms with Gasteiger partial charge in [0.2, 0.25) is 22.8 Å². The van der Waals surface area contributed by atoms with Crippen molar-refractivity contribution in [1.82, 2.24) is 19.5 Å². The van der Waals surface area contributed by atoms with Gasteiger partial charge in [0.15, 0.2) is 17.3 Å². The first-order valence-electron chi connectivity index (χ1n) is 8.52. The van der Waals surface area contributed by atoms with Crippen molar-refractivity contribution in [1.29, 1.82) is 0 Å². The van der Waals surface area contributed by atoms with Gasteiger partial charge in [0.25, 0.3) is 0 Å². The van der Waals surface area contributed by atoms with Gasteiger partial charge in [-0.3, -0.25) is 9.29 Å². The van der Waals surface area contributed by atoms with E-state index >= 15 is 0 Å². The van der Waals surface area contributed by atoms with Crippen molar-refractivity contribution in [2.45, 2.75) is 13.5 Å². The van der Waals surface area contributed by atoms with Gasteiger partial charge in [-0.2, -0.15) is 4.98 Å². The summed E-state index contributed by atoms with van der Waals surface area (Å²) in [5.74, 6) is 2.04. The quantitative estimate of drug-likeness (QED) is 0.613. The standard InChI is InChI=1S/C17H18N6O4S/c1-2-28(24,25)22-13-9-20-17(23-6-5-18-10-23)21-16(13)19-8-12-3-4-14-15(7-12)27-11-26-14/h3-7,9-10,22H,2,8,11H2,1H3,(H,19,20,21). The van der Waals surface area contributed by atoms with E-state index in [1.807, 2.05) is 18.2 Å². The molecule has 0 fully saturated rings. The van der Waals surface area contributed by atoms with Crippen LogP contribution in [-0.2, 0) is 16.6 Å². The van der Waals surface area contributed by atoms with Crippen LogP contribution in [0.15, 0.2) is 43.1 Å². The number of nitrogens with zero attached hydrogens (tertiary/aromatic N) is 4. The van der Waals surface area contributed by atoms with Crippen LogP contribution in [0.25, 0.3) is 5.95 Å². The molecule has 0 atom stereocenters. The summed E-state index contributed by atoms with van der Waals surface area (Å²) < 4.78 is 38.8. The molecule has 11 heteroatoms. The smallest absolute Gasteiger partial charge is 0.236 e. The van der Waals surface area contributed by atoms with Crippen LogP contribution in [0.2, 0.25) is 0 Å². The van der Waals surface area contributed by atoms with E-state index in [9.17, 15) is 8.42 Å². The zero-order valence-electron chi connectivity index (χ0n) is 15.0. The first kappa shape index (κ1) is 18.0. The van der Waals surface area contributed by atoms with E-state index < -0.39 is 10.0 Å². The average molecular weight is 402 g/mol. The minimum Gasteiger partial charge on any atom is -0.454 e. The average Bonchev–Trinajstić information content (AvgIpc) is 3.38. The SMILES string of the molecule is CCS(=O)(=O)Nc1cnc(-n2ccnc2)nc1NCc1ccc2c(c1)OCO2. The first-order chi connectivity index (χ1) is 13.5. The molecule has 3 heterocycles. The molecule has 2 aromatic heterocycles. The predicted molar refractivity (Wildman–Crippen MR) is 102 cm³/mol. The van der Waals surface area contributed by atoms with Crippen LogP contribution < -0.4 is 19.5 Å². The molecule has 2 N–H and O–H groups in total. The molecule has 1 aliphatic rings. The van der Waals surface area contributed by atoms with E-state index in [1.165, 1.54) is 6.20 Å². The van der Waals surface area contributed by atoms with Gasteiger partial charge in [0.05, 0.1) is 11.9 Å². The summed E-state index contributed by atoms with van der Waals surface area (Å²) in [6.45, 7) is 2.16. The summed E-state index contributed by atoms with van der Waals surface area (Å²) >= 11 is 0. The van der Waals surface area contributed by atoms with Crippen LogP contribution in [0.1, 0.15) is 12.5 Å². The van der Waals surface area contributed by atoms with Crippen LogP contribution in [0.5, 0.6) is 11.5 Å². The molecule has 10 nitrogen and oxygen atoms in total. The number of fused-ring (bicyclic) bond motifs is 1. The Labute approximate surface area is 161 Å². The van der Waals surface area contributed by atoms with E-state index in [4.69, 9.17) is 9.47 Å². The Morgan fingerprint density at radius 1 is 1.25 bits per heavy atom. The zero-order valence-corrected chi connectivity index (χ0v) is 15.8. The monoisotopic (exact) mass is 402 g/mol. The Morgan fingerprint density at radius 2 is 2.11 bits per heavy atom. The normalized spacial score (nSPS) is 12.8. The summed E-state index contributed by atoms with van der Waals surface area (Å²) in [5.41, 5.74) is 1.20. The van der Waals surface area contributed by atoms with Gasteiger partial charge in [0.1, 0.15) is 12.0 Å². The molecule has 0 spiro atoms.